The fraction of sp³-hybridized carbons (Fsp3) is 0.158. The molecule has 0 spiro atoms. The van der Waals surface area contributed by atoms with Crippen molar-refractivity contribution in [2.75, 3.05) is 20.3 Å². The highest BCUT2D eigenvalue weighted by atomic mass is 16.6. The second-order valence-corrected chi connectivity index (χ2v) is 4.79. The third-order valence-corrected chi connectivity index (χ3v) is 3.19. The van der Waals surface area contributed by atoms with Crippen LogP contribution in [0.15, 0.2) is 60.2 Å². The monoisotopic (exact) mass is 307 g/mol. The van der Waals surface area contributed by atoms with Crippen LogP contribution in [0.5, 0.6) is 0 Å². The van der Waals surface area contributed by atoms with Crippen LogP contribution in [0.2, 0.25) is 0 Å². The van der Waals surface area contributed by atoms with Crippen molar-refractivity contribution in [1.82, 2.24) is 0 Å². The zero-order chi connectivity index (χ0) is 16.5. The van der Waals surface area contributed by atoms with Gasteiger partial charge < -0.3 is 9.47 Å². The van der Waals surface area contributed by atoms with Crippen molar-refractivity contribution in [3.63, 3.8) is 0 Å². The molecule has 2 aromatic carbocycles. The molecule has 0 N–H and O–H groups in total. The number of carbonyl (C=O) groups excluding carboxylic acids is 1. The summed E-state index contributed by atoms with van der Waals surface area (Å²) in [6, 6.07) is 19.5. The van der Waals surface area contributed by atoms with Crippen molar-refractivity contribution in [2.45, 2.75) is 0 Å². The number of rotatable bonds is 6. The maximum absolute atomic E-state index is 11.8. The van der Waals surface area contributed by atoms with Gasteiger partial charge in [0.25, 0.3) is 0 Å². The number of hydrogen-bond donors (Lipinski definition) is 0. The van der Waals surface area contributed by atoms with Crippen LogP contribution in [-0.4, -0.2) is 26.3 Å². The van der Waals surface area contributed by atoms with Crippen LogP contribution in [0.25, 0.3) is 17.2 Å². The van der Waals surface area contributed by atoms with E-state index in [-0.39, 0.29) is 12.2 Å². The molecule has 0 heterocycles. The summed E-state index contributed by atoms with van der Waals surface area (Å²) < 4.78 is 9.75. The topological polar surface area (TPSA) is 59.3 Å². The number of esters is 1. The summed E-state index contributed by atoms with van der Waals surface area (Å²) in [5, 5.41) is 9.10. The molecule has 0 saturated heterocycles. The largest absolute Gasteiger partial charge is 0.459 e. The molecule has 0 aliphatic rings. The third-order valence-electron chi connectivity index (χ3n) is 3.19. The van der Waals surface area contributed by atoms with Gasteiger partial charge in [0.1, 0.15) is 18.2 Å². The van der Waals surface area contributed by atoms with Crippen molar-refractivity contribution in [1.29, 1.82) is 5.26 Å². The van der Waals surface area contributed by atoms with Gasteiger partial charge in [-0.3, -0.25) is 0 Å². The predicted molar refractivity (Wildman–Crippen MR) is 88.3 cm³/mol. The fourth-order valence-corrected chi connectivity index (χ4v) is 2.00. The molecule has 0 radical (unpaired) electrons. The number of methoxy groups -OCH3 is 1. The van der Waals surface area contributed by atoms with Crippen LogP contribution in [0.4, 0.5) is 0 Å². The van der Waals surface area contributed by atoms with E-state index in [1.165, 1.54) is 13.2 Å². The Balaban J connectivity index is 2.11. The van der Waals surface area contributed by atoms with Crippen LogP contribution < -0.4 is 0 Å². The predicted octanol–water partition coefficient (Wildman–Crippen LogP) is 3.45. The van der Waals surface area contributed by atoms with E-state index in [1.54, 1.807) is 0 Å². The molecule has 0 aromatic heterocycles. The summed E-state index contributed by atoms with van der Waals surface area (Å²) in [5.74, 6) is -0.642. The Morgan fingerprint density at radius 1 is 1.04 bits per heavy atom. The summed E-state index contributed by atoms with van der Waals surface area (Å²) in [6.07, 6.45) is 1.52. The average Bonchev–Trinajstić information content (AvgIpc) is 2.61. The lowest BCUT2D eigenvalue weighted by Crippen LogP contribution is -2.11. The molecule has 4 heteroatoms. The van der Waals surface area contributed by atoms with E-state index in [9.17, 15) is 4.79 Å². The molecule has 2 rings (SSSR count). The van der Waals surface area contributed by atoms with E-state index in [0.29, 0.717) is 6.61 Å². The lowest BCUT2D eigenvalue weighted by molar-refractivity contribution is -0.139. The summed E-state index contributed by atoms with van der Waals surface area (Å²) >= 11 is 0. The number of hydrogen-bond acceptors (Lipinski definition) is 4. The molecule has 0 atom stereocenters. The second kappa shape index (κ2) is 8.52. The first-order valence-electron chi connectivity index (χ1n) is 7.18. The molecule has 0 aliphatic heterocycles. The maximum Gasteiger partial charge on any atom is 0.348 e. The first-order chi connectivity index (χ1) is 11.2. The first kappa shape index (κ1) is 16.5. The third kappa shape index (κ3) is 4.80. The van der Waals surface area contributed by atoms with E-state index in [1.807, 2.05) is 60.7 Å². The Labute approximate surface area is 135 Å². The molecule has 0 unspecified atom stereocenters. The highest BCUT2D eigenvalue weighted by Crippen LogP contribution is 2.20. The van der Waals surface area contributed by atoms with Crippen LogP contribution in [0.3, 0.4) is 0 Å². The van der Waals surface area contributed by atoms with Crippen LogP contribution in [-0.2, 0) is 14.3 Å². The van der Waals surface area contributed by atoms with E-state index >= 15 is 0 Å². The van der Waals surface area contributed by atoms with Crippen LogP contribution in [0.1, 0.15) is 5.56 Å². The van der Waals surface area contributed by atoms with Gasteiger partial charge in [-0.1, -0.05) is 54.6 Å². The van der Waals surface area contributed by atoms with Crippen molar-refractivity contribution in [2.24, 2.45) is 0 Å². The van der Waals surface area contributed by atoms with Gasteiger partial charge in [-0.05, 0) is 22.8 Å². The fourth-order valence-electron chi connectivity index (χ4n) is 2.00. The standard InChI is InChI=1S/C19H17NO3/c1-22-11-12-23-19(21)18(14-20)13-15-7-9-17(10-8-15)16-5-3-2-4-6-16/h2-10,13H,11-12H2,1H3. The summed E-state index contributed by atoms with van der Waals surface area (Å²) in [7, 11) is 1.52. The molecular formula is C19H17NO3. The molecule has 0 fully saturated rings. The number of ether oxygens (including phenoxy) is 2. The zero-order valence-electron chi connectivity index (χ0n) is 12.9. The van der Waals surface area contributed by atoms with Crippen molar-refractivity contribution >= 4 is 12.0 Å². The van der Waals surface area contributed by atoms with Crippen LogP contribution >= 0.6 is 0 Å². The minimum Gasteiger partial charge on any atom is -0.459 e. The molecule has 116 valence electrons. The highest BCUT2D eigenvalue weighted by Gasteiger charge is 2.10. The number of nitrogens with zero attached hydrogens (tertiary/aromatic N) is 1. The lowest BCUT2D eigenvalue weighted by Gasteiger charge is -2.04. The van der Waals surface area contributed by atoms with E-state index in [2.05, 4.69) is 0 Å². The van der Waals surface area contributed by atoms with Gasteiger partial charge in [0.05, 0.1) is 6.61 Å². The van der Waals surface area contributed by atoms with Crippen LogP contribution in [0, 0.1) is 11.3 Å². The van der Waals surface area contributed by atoms with Crippen molar-refractivity contribution in [3.8, 4) is 17.2 Å². The summed E-state index contributed by atoms with van der Waals surface area (Å²) in [4.78, 5) is 11.8. The number of nitriles is 1. The van der Waals surface area contributed by atoms with Crippen molar-refractivity contribution < 1.29 is 14.3 Å². The zero-order valence-corrected chi connectivity index (χ0v) is 12.9. The molecule has 4 nitrogen and oxygen atoms in total. The Morgan fingerprint density at radius 3 is 2.30 bits per heavy atom. The molecule has 0 amide bonds. The highest BCUT2D eigenvalue weighted by molar-refractivity contribution is 5.97. The van der Waals surface area contributed by atoms with Gasteiger partial charge in [0, 0.05) is 7.11 Å². The summed E-state index contributed by atoms with van der Waals surface area (Å²) in [6.45, 7) is 0.428. The smallest absolute Gasteiger partial charge is 0.348 e. The maximum atomic E-state index is 11.8. The SMILES string of the molecule is COCCOC(=O)C(C#N)=Cc1ccc(-c2ccccc2)cc1. The number of carbonyl (C=O) groups is 1. The molecule has 0 bridgehead atoms. The molecular weight excluding hydrogens is 290 g/mol. The Kier molecular flexibility index (Phi) is 6.10. The Bertz CT molecular complexity index is 713. The van der Waals surface area contributed by atoms with Gasteiger partial charge in [-0.2, -0.15) is 5.26 Å². The average molecular weight is 307 g/mol. The Hall–Kier alpha value is -2.90. The molecule has 0 saturated carbocycles. The second-order valence-electron chi connectivity index (χ2n) is 4.79. The first-order valence-corrected chi connectivity index (χ1v) is 7.18. The minimum atomic E-state index is -0.642. The van der Waals surface area contributed by atoms with Crippen molar-refractivity contribution in [3.05, 3.63) is 65.7 Å². The normalized spacial score (nSPS) is 10.9. The minimum absolute atomic E-state index is 0.0337. The molecule has 23 heavy (non-hydrogen) atoms. The lowest BCUT2D eigenvalue weighted by atomic mass is 10.0. The Morgan fingerprint density at radius 2 is 1.70 bits per heavy atom. The van der Waals surface area contributed by atoms with Gasteiger partial charge >= 0.3 is 5.97 Å². The molecule has 0 aliphatic carbocycles. The van der Waals surface area contributed by atoms with Gasteiger partial charge in [-0.25, -0.2) is 4.79 Å². The summed E-state index contributed by atoms with van der Waals surface area (Å²) in [5.41, 5.74) is 2.92. The quantitative estimate of drug-likeness (QED) is 0.355. The molecule has 2 aromatic rings. The van der Waals surface area contributed by atoms with E-state index < -0.39 is 5.97 Å². The van der Waals surface area contributed by atoms with Gasteiger partial charge in [0.15, 0.2) is 0 Å². The number of benzene rings is 2. The van der Waals surface area contributed by atoms with E-state index in [4.69, 9.17) is 14.7 Å². The van der Waals surface area contributed by atoms with Gasteiger partial charge in [-0.15, -0.1) is 0 Å². The van der Waals surface area contributed by atoms with E-state index in [0.717, 1.165) is 16.7 Å². The van der Waals surface area contributed by atoms with Gasteiger partial charge in [0.2, 0.25) is 0 Å².